The second-order valence-electron chi connectivity index (χ2n) is 7.16. The van der Waals surface area contributed by atoms with Crippen molar-refractivity contribution in [3.05, 3.63) is 12.2 Å². The number of rotatable bonds is 2. The minimum absolute atomic E-state index is 0.239. The van der Waals surface area contributed by atoms with E-state index < -0.39 is 0 Å². The summed E-state index contributed by atoms with van der Waals surface area (Å²) < 4.78 is 0. The molecule has 0 radical (unpaired) electrons. The lowest BCUT2D eigenvalue weighted by Crippen LogP contribution is -2.31. The minimum Gasteiger partial charge on any atom is -0.0993 e. The average molecular weight is 196 g/mol. The summed E-state index contributed by atoms with van der Waals surface area (Å²) in [5.74, 6) is 0. The molecule has 0 nitrogen and oxygen atoms in total. The summed E-state index contributed by atoms with van der Waals surface area (Å²) in [5, 5.41) is 0. The van der Waals surface area contributed by atoms with Gasteiger partial charge in [0.15, 0.2) is 0 Å². The Kier molecular flexibility index (Phi) is 3.65. The maximum Gasteiger partial charge on any atom is -0.0175 e. The zero-order valence-electron chi connectivity index (χ0n) is 11.4. The van der Waals surface area contributed by atoms with Gasteiger partial charge in [0.25, 0.3) is 0 Å². The van der Waals surface area contributed by atoms with E-state index in [-0.39, 0.29) is 5.41 Å². The summed E-state index contributed by atoms with van der Waals surface area (Å²) in [7, 11) is 0. The van der Waals surface area contributed by atoms with Crippen LogP contribution in [0.25, 0.3) is 0 Å². The van der Waals surface area contributed by atoms with E-state index in [1.807, 2.05) is 0 Å². The van der Waals surface area contributed by atoms with Gasteiger partial charge in [0.1, 0.15) is 0 Å². The van der Waals surface area contributed by atoms with Crippen LogP contribution < -0.4 is 0 Å². The van der Waals surface area contributed by atoms with Gasteiger partial charge in [-0.3, -0.25) is 0 Å². The topological polar surface area (TPSA) is 0 Å². The maximum atomic E-state index is 4.22. The summed E-state index contributed by atoms with van der Waals surface area (Å²) >= 11 is 0. The smallest absolute Gasteiger partial charge is 0.0175 e. The summed E-state index contributed by atoms with van der Waals surface area (Å²) in [5.41, 5.74) is 2.25. The van der Waals surface area contributed by atoms with Gasteiger partial charge in [-0.25, -0.2) is 0 Å². The fourth-order valence-corrected chi connectivity index (χ4v) is 1.06. The zero-order valence-corrected chi connectivity index (χ0v) is 11.4. The summed E-state index contributed by atoms with van der Waals surface area (Å²) in [6.45, 7) is 22.6. The molecule has 0 rings (SSSR count). The summed E-state index contributed by atoms with van der Waals surface area (Å²) in [6.07, 6.45) is 1.11. The lowest BCUT2D eigenvalue weighted by Gasteiger charge is -2.41. The monoisotopic (exact) mass is 196 g/mol. The number of hydrogen-bond donors (Lipinski definition) is 0. The molecule has 0 saturated carbocycles. The molecule has 84 valence electrons. The van der Waals surface area contributed by atoms with Gasteiger partial charge in [-0.15, -0.1) is 0 Å². The molecule has 0 spiro atoms. The van der Waals surface area contributed by atoms with E-state index in [0.29, 0.717) is 10.8 Å². The standard InChI is InChI=1S/C14H28/c1-11(12(2,3)4)10-14(8,9)13(5,6)7/h1,10H2,2-9H3. The van der Waals surface area contributed by atoms with E-state index >= 15 is 0 Å². The van der Waals surface area contributed by atoms with Gasteiger partial charge >= 0.3 is 0 Å². The Bertz CT molecular complexity index is 205. The van der Waals surface area contributed by atoms with Crippen LogP contribution in [0.15, 0.2) is 12.2 Å². The van der Waals surface area contributed by atoms with Crippen molar-refractivity contribution >= 4 is 0 Å². The van der Waals surface area contributed by atoms with Crippen molar-refractivity contribution in [2.75, 3.05) is 0 Å². The lowest BCUT2D eigenvalue weighted by atomic mass is 9.64. The largest absolute Gasteiger partial charge is 0.0993 e. The Morgan fingerprint density at radius 2 is 1.21 bits per heavy atom. The molecule has 0 unspecified atom stereocenters. The molecule has 0 aromatic heterocycles. The summed E-state index contributed by atoms with van der Waals surface area (Å²) in [6, 6.07) is 0. The van der Waals surface area contributed by atoms with Gasteiger partial charge in [0.2, 0.25) is 0 Å². The summed E-state index contributed by atoms with van der Waals surface area (Å²) in [4.78, 5) is 0. The molecule has 0 aromatic carbocycles. The van der Waals surface area contributed by atoms with Crippen LogP contribution in [0.4, 0.5) is 0 Å². The maximum absolute atomic E-state index is 4.22. The van der Waals surface area contributed by atoms with Gasteiger partial charge in [0, 0.05) is 0 Å². The zero-order chi connectivity index (χ0) is 11.8. The first-order chi connectivity index (χ1) is 5.88. The Morgan fingerprint density at radius 1 is 0.857 bits per heavy atom. The highest BCUT2D eigenvalue weighted by atomic mass is 14.4. The van der Waals surface area contributed by atoms with Crippen molar-refractivity contribution in [1.82, 2.24) is 0 Å². The third-order valence-corrected chi connectivity index (χ3v) is 3.75. The minimum atomic E-state index is 0.239. The molecule has 0 atom stereocenters. The quantitative estimate of drug-likeness (QED) is 0.542. The first-order valence-electron chi connectivity index (χ1n) is 5.56. The average Bonchev–Trinajstić information content (AvgIpc) is 1.80. The number of allylic oxidation sites excluding steroid dienone is 1. The van der Waals surface area contributed by atoms with Gasteiger partial charge < -0.3 is 0 Å². The molecule has 0 bridgehead atoms. The third kappa shape index (κ3) is 3.48. The highest BCUT2D eigenvalue weighted by molar-refractivity contribution is 5.09. The van der Waals surface area contributed by atoms with Crippen molar-refractivity contribution in [1.29, 1.82) is 0 Å². The van der Waals surface area contributed by atoms with Crippen LogP contribution in [0.1, 0.15) is 61.8 Å². The van der Waals surface area contributed by atoms with Crippen LogP contribution in [-0.2, 0) is 0 Å². The Hall–Kier alpha value is -0.260. The van der Waals surface area contributed by atoms with E-state index in [2.05, 4.69) is 62.0 Å². The molecule has 0 aromatic rings. The Morgan fingerprint density at radius 3 is 1.43 bits per heavy atom. The lowest BCUT2D eigenvalue weighted by molar-refractivity contribution is 0.125. The molecule has 0 aliphatic carbocycles. The molecule has 0 N–H and O–H groups in total. The van der Waals surface area contributed by atoms with Gasteiger partial charge in [-0.2, -0.15) is 0 Å². The second kappa shape index (κ2) is 3.72. The van der Waals surface area contributed by atoms with Crippen molar-refractivity contribution in [2.24, 2.45) is 16.2 Å². The molecular weight excluding hydrogens is 168 g/mol. The van der Waals surface area contributed by atoms with E-state index in [1.165, 1.54) is 5.57 Å². The molecule has 0 fully saturated rings. The normalized spacial score (nSPS) is 14.3. The fourth-order valence-electron chi connectivity index (χ4n) is 1.06. The van der Waals surface area contributed by atoms with Gasteiger partial charge in [0.05, 0.1) is 0 Å². The highest BCUT2D eigenvalue weighted by Gasteiger charge is 2.34. The predicted molar refractivity (Wildman–Crippen MR) is 66.4 cm³/mol. The van der Waals surface area contributed by atoms with Crippen LogP contribution in [0.3, 0.4) is 0 Å². The Labute approximate surface area is 90.8 Å². The van der Waals surface area contributed by atoms with Crippen LogP contribution in [-0.4, -0.2) is 0 Å². The van der Waals surface area contributed by atoms with Gasteiger partial charge in [-0.1, -0.05) is 67.5 Å². The molecule has 0 aliphatic heterocycles. The first-order valence-corrected chi connectivity index (χ1v) is 5.56. The van der Waals surface area contributed by atoms with Crippen LogP contribution in [0.2, 0.25) is 0 Å². The predicted octanol–water partition coefficient (Wildman–Crippen LogP) is 5.05. The van der Waals surface area contributed by atoms with E-state index in [9.17, 15) is 0 Å². The SMILES string of the molecule is C=C(CC(C)(C)C(C)(C)C)C(C)(C)C. The van der Waals surface area contributed by atoms with E-state index in [1.54, 1.807) is 0 Å². The highest BCUT2D eigenvalue weighted by Crippen LogP contribution is 2.45. The van der Waals surface area contributed by atoms with Crippen molar-refractivity contribution in [3.63, 3.8) is 0 Å². The molecule has 0 heteroatoms. The number of hydrogen-bond acceptors (Lipinski definition) is 0. The molecular formula is C14H28. The van der Waals surface area contributed by atoms with Crippen molar-refractivity contribution < 1.29 is 0 Å². The molecule has 0 amide bonds. The van der Waals surface area contributed by atoms with Crippen LogP contribution >= 0.6 is 0 Å². The van der Waals surface area contributed by atoms with Crippen molar-refractivity contribution in [3.8, 4) is 0 Å². The molecule has 0 heterocycles. The fraction of sp³-hybridized carbons (Fsp3) is 0.857. The van der Waals surface area contributed by atoms with E-state index in [4.69, 9.17) is 0 Å². The molecule has 0 aliphatic rings. The van der Waals surface area contributed by atoms with Crippen molar-refractivity contribution in [2.45, 2.75) is 61.8 Å². The van der Waals surface area contributed by atoms with Crippen LogP contribution in [0.5, 0.6) is 0 Å². The molecule has 0 saturated heterocycles. The third-order valence-electron chi connectivity index (χ3n) is 3.75. The second-order valence-corrected chi connectivity index (χ2v) is 7.16. The Balaban J connectivity index is 4.62. The van der Waals surface area contributed by atoms with Gasteiger partial charge in [-0.05, 0) is 22.7 Å². The van der Waals surface area contributed by atoms with Crippen LogP contribution in [0, 0.1) is 16.2 Å². The van der Waals surface area contributed by atoms with E-state index in [0.717, 1.165) is 6.42 Å². The molecule has 14 heavy (non-hydrogen) atoms. The first kappa shape index (κ1) is 13.7.